The number of amides is 1. The van der Waals surface area contributed by atoms with E-state index >= 15 is 0 Å². The number of rotatable bonds is 4. The zero-order chi connectivity index (χ0) is 22.2. The number of fused-ring (bicyclic) bond motifs is 2. The van der Waals surface area contributed by atoms with Crippen LogP contribution in [-0.4, -0.2) is 38.7 Å². The van der Waals surface area contributed by atoms with E-state index in [2.05, 4.69) is 12.2 Å². The molecule has 0 unspecified atom stereocenters. The number of esters is 1. The van der Waals surface area contributed by atoms with Crippen LogP contribution in [0.3, 0.4) is 0 Å². The molecular weight excluding hydrogens is 418 g/mol. The van der Waals surface area contributed by atoms with Gasteiger partial charge in [-0.05, 0) is 49.1 Å². The van der Waals surface area contributed by atoms with Crippen LogP contribution in [0.5, 0.6) is 0 Å². The number of hydrogen-bond acceptors (Lipinski definition) is 6. The van der Waals surface area contributed by atoms with Gasteiger partial charge >= 0.3 is 5.97 Å². The number of carbonyl (C=O) groups excluding carboxylic acids is 3. The van der Waals surface area contributed by atoms with E-state index in [-0.39, 0.29) is 38.4 Å². The smallest absolute Gasteiger partial charge is 0.338 e. The van der Waals surface area contributed by atoms with Crippen LogP contribution in [0.2, 0.25) is 0 Å². The van der Waals surface area contributed by atoms with Gasteiger partial charge in [0.2, 0.25) is 9.84 Å². The van der Waals surface area contributed by atoms with Crippen LogP contribution >= 0.6 is 0 Å². The minimum atomic E-state index is -3.95. The van der Waals surface area contributed by atoms with E-state index in [1.807, 2.05) is 0 Å². The highest BCUT2D eigenvalue weighted by Crippen LogP contribution is 2.34. The average molecular weight is 442 g/mol. The lowest BCUT2D eigenvalue weighted by molar-refractivity contribution is -0.125. The molecule has 0 radical (unpaired) electrons. The van der Waals surface area contributed by atoms with E-state index < -0.39 is 28.2 Å². The van der Waals surface area contributed by atoms with E-state index in [4.69, 9.17) is 4.74 Å². The van der Waals surface area contributed by atoms with E-state index in [0.29, 0.717) is 5.92 Å². The monoisotopic (exact) mass is 441 g/mol. The molecule has 1 N–H and O–H groups in total. The standard InChI is InChI=1S/C23H23NO6S/c1-14-6-2-4-8-18(14)24-21(25)13-30-23(27)15-10-11-17-20(12-15)31(28,29)19-9-5-3-7-16(19)22(17)26/h3,5,7,9-12,14,18H,2,4,6,8,13H2,1H3,(H,24,25)/t14-,18+/m0/s1. The number of carbonyl (C=O) groups is 3. The molecule has 1 fully saturated rings. The number of ketones is 1. The predicted molar refractivity (Wildman–Crippen MR) is 112 cm³/mol. The Morgan fingerprint density at radius 1 is 1.03 bits per heavy atom. The molecule has 1 amide bonds. The molecule has 0 aromatic heterocycles. The van der Waals surface area contributed by atoms with Crippen LogP contribution < -0.4 is 5.32 Å². The van der Waals surface area contributed by atoms with Crippen LogP contribution in [0.1, 0.15) is 58.9 Å². The highest BCUT2D eigenvalue weighted by Gasteiger charge is 2.35. The summed E-state index contributed by atoms with van der Waals surface area (Å²) >= 11 is 0. The Hall–Kier alpha value is -3.00. The molecule has 1 aliphatic carbocycles. The molecule has 162 valence electrons. The van der Waals surface area contributed by atoms with Crippen LogP contribution in [0.25, 0.3) is 0 Å². The zero-order valence-electron chi connectivity index (χ0n) is 17.1. The molecule has 8 heteroatoms. The van der Waals surface area contributed by atoms with Crippen LogP contribution in [0.4, 0.5) is 0 Å². The molecule has 1 heterocycles. The Labute approximate surface area is 180 Å². The van der Waals surface area contributed by atoms with Gasteiger partial charge in [-0.15, -0.1) is 0 Å². The second kappa shape index (κ2) is 8.26. The molecule has 2 aliphatic rings. The van der Waals surface area contributed by atoms with Crippen molar-refractivity contribution in [1.29, 1.82) is 0 Å². The van der Waals surface area contributed by atoms with Crippen molar-refractivity contribution in [2.75, 3.05) is 6.61 Å². The van der Waals surface area contributed by atoms with Gasteiger partial charge in [0, 0.05) is 17.2 Å². The number of ether oxygens (including phenoxy) is 1. The fourth-order valence-electron chi connectivity index (χ4n) is 4.20. The first-order valence-corrected chi connectivity index (χ1v) is 11.8. The first-order chi connectivity index (χ1) is 14.8. The Morgan fingerprint density at radius 3 is 2.52 bits per heavy atom. The van der Waals surface area contributed by atoms with Gasteiger partial charge in [0.15, 0.2) is 12.4 Å². The van der Waals surface area contributed by atoms with Crippen molar-refractivity contribution in [2.45, 2.75) is 48.4 Å². The summed E-state index contributed by atoms with van der Waals surface area (Å²) in [6, 6.07) is 9.83. The lowest BCUT2D eigenvalue weighted by Gasteiger charge is -2.29. The third-order valence-corrected chi connectivity index (χ3v) is 7.82. The zero-order valence-corrected chi connectivity index (χ0v) is 17.9. The van der Waals surface area contributed by atoms with Gasteiger partial charge in [0.1, 0.15) is 0 Å². The fourth-order valence-corrected chi connectivity index (χ4v) is 5.88. The summed E-state index contributed by atoms with van der Waals surface area (Å²) in [5, 5.41) is 2.90. The molecule has 2 aromatic carbocycles. The van der Waals surface area contributed by atoms with Crippen LogP contribution in [-0.2, 0) is 19.4 Å². The molecule has 0 bridgehead atoms. The summed E-state index contributed by atoms with van der Waals surface area (Å²) < 4.78 is 31.0. The Kier molecular flexibility index (Phi) is 5.66. The van der Waals surface area contributed by atoms with Crippen molar-refractivity contribution in [2.24, 2.45) is 5.92 Å². The molecule has 7 nitrogen and oxygen atoms in total. The average Bonchev–Trinajstić information content (AvgIpc) is 2.77. The Bertz CT molecular complexity index is 1170. The van der Waals surface area contributed by atoms with Gasteiger partial charge in [-0.1, -0.05) is 31.9 Å². The van der Waals surface area contributed by atoms with Crippen LogP contribution in [0.15, 0.2) is 52.3 Å². The molecule has 1 aliphatic heterocycles. The molecule has 0 saturated heterocycles. The van der Waals surface area contributed by atoms with Gasteiger partial charge in [-0.25, -0.2) is 13.2 Å². The highest BCUT2D eigenvalue weighted by atomic mass is 32.2. The Morgan fingerprint density at radius 2 is 1.74 bits per heavy atom. The first kappa shape index (κ1) is 21.2. The van der Waals surface area contributed by atoms with Gasteiger partial charge in [-0.3, -0.25) is 9.59 Å². The maximum absolute atomic E-state index is 13.0. The molecule has 31 heavy (non-hydrogen) atoms. The summed E-state index contributed by atoms with van der Waals surface area (Å²) in [5.41, 5.74) is 0.0894. The summed E-state index contributed by atoms with van der Waals surface area (Å²) in [5.74, 6) is -1.25. The van der Waals surface area contributed by atoms with E-state index in [1.165, 1.54) is 24.3 Å². The minimum absolute atomic E-state index is 0.0132. The number of nitrogens with one attached hydrogen (secondary N) is 1. The van der Waals surface area contributed by atoms with Crippen molar-refractivity contribution < 1.29 is 27.5 Å². The van der Waals surface area contributed by atoms with Crippen LogP contribution in [0, 0.1) is 5.92 Å². The van der Waals surface area contributed by atoms with Gasteiger partial charge in [0.05, 0.1) is 15.4 Å². The minimum Gasteiger partial charge on any atom is -0.452 e. The van der Waals surface area contributed by atoms with Crippen molar-refractivity contribution in [3.05, 3.63) is 59.2 Å². The maximum Gasteiger partial charge on any atom is 0.338 e. The number of hydrogen-bond donors (Lipinski definition) is 1. The maximum atomic E-state index is 13.0. The van der Waals surface area contributed by atoms with E-state index in [9.17, 15) is 22.8 Å². The van der Waals surface area contributed by atoms with Crippen molar-refractivity contribution in [1.82, 2.24) is 5.32 Å². The predicted octanol–water partition coefficient (Wildman–Crippen LogP) is 2.92. The number of sulfone groups is 1. The van der Waals surface area contributed by atoms with E-state index in [0.717, 1.165) is 31.7 Å². The molecule has 4 rings (SSSR count). The summed E-state index contributed by atoms with van der Waals surface area (Å²) in [6.45, 7) is 1.64. The molecular formula is C23H23NO6S. The molecule has 2 aromatic rings. The van der Waals surface area contributed by atoms with Gasteiger partial charge in [0.25, 0.3) is 5.91 Å². The topological polar surface area (TPSA) is 107 Å². The molecule has 2 atom stereocenters. The van der Waals surface area contributed by atoms with Crippen molar-refractivity contribution in [3.8, 4) is 0 Å². The fraction of sp³-hybridized carbons (Fsp3) is 0.348. The molecule has 1 saturated carbocycles. The third kappa shape index (κ3) is 3.99. The van der Waals surface area contributed by atoms with Crippen molar-refractivity contribution >= 4 is 27.5 Å². The lowest BCUT2D eigenvalue weighted by Crippen LogP contribution is -2.42. The highest BCUT2D eigenvalue weighted by molar-refractivity contribution is 7.91. The quantitative estimate of drug-likeness (QED) is 0.624. The van der Waals surface area contributed by atoms with Gasteiger partial charge in [-0.2, -0.15) is 0 Å². The Balaban J connectivity index is 1.49. The first-order valence-electron chi connectivity index (χ1n) is 10.3. The van der Waals surface area contributed by atoms with Gasteiger partial charge < -0.3 is 10.1 Å². The van der Waals surface area contributed by atoms with E-state index in [1.54, 1.807) is 12.1 Å². The SMILES string of the molecule is C[C@H]1CCCC[C@H]1NC(=O)COC(=O)c1ccc2c(c1)S(=O)(=O)c1ccccc1C2=O. The third-order valence-electron chi connectivity index (χ3n) is 5.96. The summed E-state index contributed by atoms with van der Waals surface area (Å²) in [6.07, 6.45) is 4.16. The lowest BCUT2D eigenvalue weighted by atomic mass is 9.86. The summed E-state index contributed by atoms with van der Waals surface area (Å²) in [7, 11) is -3.95. The van der Waals surface area contributed by atoms with Crippen molar-refractivity contribution in [3.63, 3.8) is 0 Å². The largest absolute Gasteiger partial charge is 0.452 e. The second-order valence-corrected chi connectivity index (χ2v) is 9.94. The number of benzene rings is 2. The normalized spacial score (nSPS) is 21.5. The second-order valence-electron chi connectivity index (χ2n) is 8.05. The summed E-state index contributed by atoms with van der Waals surface area (Å²) in [4.78, 5) is 37.0. The molecule has 0 spiro atoms.